The summed E-state index contributed by atoms with van der Waals surface area (Å²) in [5, 5.41) is 3.58. The van der Waals surface area contributed by atoms with E-state index in [0.717, 1.165) is 18.9 Å². The summed E-state index contributed by atoms with van der Waals surface area (Å²) >= 11 is 0. The van der Waals surface area contributed by atoms with Crippen molar-refractivity contribution in [2.75, 3.05) is 7.05 Å². The minimum Gasteiger partial charge on any atom is -0.342 e. The maximum absolute atomic E-state index is 13.9. The fourth-order valence-electron chi connectivity index (χ4n) is 4.40. The minimum atomic E-state index is -0.572. The van der Waals surface area contributed by atoms with Gasteiger partial charge in [0.25, 0.3) is 0 Å². The molecule has 2 saturated heterocycles. The quantitative estimate of drug-likeness (QED) is 0.901. The number of hydrogen-bond acceptors (Lipinski definition) is 2. The third kappa shape index (κ3) is 3.16. The molecule has 1 saturated carbocycles. The lowest BCUT2D eigenvalue weighted by atomic mass is 9.98. The highest BCUT2D eigenvalue weighted by Gasteiger charge is 2.48. The average Bonchev–Trinajstić information content (AvgIpc) is 3.24. The van der Waals surface area contributed by atoms with Crippen molar-refractivity contribution < 1.29 is 13.6 Å². The highest BCUT2D eigenvalue weighted by atomic mass is 35.5. The summed E-state index contributed by atoms with van der Waals surface area (Å²) < 4.78 is 26.9. The highest BCUT2D eigenvalue weighted by molar-refractivity contribution is 5.85. The minimum absolute atomic E-state index is 0. The lowest BCUT2D eigenvalue weighted by molar-refractivity contribution is -0.134. The Morgan fingerprint density at radius 3 is 2.46 bits per heavy atom. The number of benzene rings is 1. The van der Waals surface area contributed by atoms with Crippen molar-refractivity contribution in [1.29, 1.82) is 0 Å². The number of nitrogens with one attached hydrogen (secondary N) is 1. The van der Waals surface area contributed by atoms with Crippen LogP contribution < -0.4 is 5.32 Å². The van der Waals surface area contributed by atoms with Crippen molar-refractivity contribution in [3.8, 4) is 0 Å². The van der Waals surface area contributed by atoms with Crippen LogP contribution in [0.25, 0.3) is 0 Å². The van der Waals surface area contributed by atoms with Crippen molar-refractivity contribution >= 4 is 18.3 Å². The SMILES string of the molecule is CN(C(=O)C1CC1c1ccc(F)cc1F)C1CC2CCC(C1)N2.Cl. The highest BCUT2D eigenvalue weighted by Crippen LogP contribution is 2.49. The molecule has 1 aromatic rings. The van der Waals surface area contributed by atoms with Crippen LogP contribution in [0, 0.1) is 17.6 Å². The summed E-state index contributed by atoms with van der Waals surface area (Å²) in [5.74, 6) is -1.23. The van der Waals surface area contributed by atoms with E-state index < -0.39 is 11.6 Å². The van der Waals surface area contributed by atoms with Crippen LogP contribution in [-0.4, -0.2) is 36.0 Å². The zero-order chi connectivity index (χ0) is 16.1. The first-order chi connectivity index (χ1) is 11.0. The molecule has 2 heterocycles. The van der Waals surface area contributed by atoms with Crippen LogP contribution in [0.15, 0.2) is 18.2 Å². The zero-order valence-electron chi connectivity index (χ0n) is 13.7. The largest absolute Gasteiger partial charge is 0.342 e. The molecule has 1 aromatic carbocycles. The van der Waals surface area contributed by atoms with Gasteiger partial charge in [0.2, 0.25) is 5.91 Å². The Labute approximate surface area is 147 Å². The standard InChI is InChI=1S/C18H22F2N2O.ClH/c1-22(13-7-11-3-4-12(8-13)21-11)18(23)16-9-15(16)14-5-2-10(19)6-17(14)20;/h2,5-6,11-13,15-16,21H,3-4,7-9H2,1H3;1H. The van der Waals surface area contributed by atoms with Crippen LogP contribution in [0.5, 0.6) is 0 Å². The molecule has 4 atom stereocenters. The second kappa shape index (κ2) is 6.60. The molecule has 0 radical (unpaired) electrons. The van der Waals surface area contributed by atoms with Crippen LogP contribution in [-0.2, 0) is 4.79 Å². The molecular formula is C18H23ClF2N2O. The second-order valence-corrected chi connectivity index (χ2v) is 7.33. The smallest absolute Gasteiger partial charge is 0.226 e. The third-order valence-corrected chi connectivity index (χ3v) is 5.81. The molecule has 24 heavy (non-hydrogen) atoms. The van der Waals surface area contributed by atoms with Gasteiger partial charge in [0.05, 0.1) is 0 Å². The van der Waals surface area contributed by atoms with E-state index in [1.54, 1.807) is 0 Å². The fourth-order valence-corrected chi connectivity index (χ4v) is 4.40. The van der Waals surface area contributed by atoms with Gasteiger partial charge in [-0.05, 0) is 49.7 Å². The van der Waals surface area contributed by atoms with E-state index in [1.807, 2.05) is 11.9 Å². The van der Waals surface area contributed by atoms with Crippen molar-refractivity contribution in [1.82, 2.24) is 10.2 Å². The number of carbonyl (C=O) groups is 1. The van der Waals surface area contributed by atoms with E-state index in [9.17, 15) is 13.6 Å². The molecule has 0 aromatic heterocycles. The molecule has 1 aliphatic carbocycles. The molecule has 2 bridgehead atoms. The number of carbonyl (C=O) groups excluding carboxylic acids is 1. The van der Waals surface area contributed by atoms with Crippen molar-refractivity contribution in [3.05, 3.63) is 35.4 Å². The lowest BCUT2D eigenvalue weighted by Crippen LogP contribution is -2.49. The number of fused-ring (bicyclic) bond motifs is 2. The molecule has 3 fully saturated rings. The molecule has 6 heteroatoms. The molecule has 0 spiro atoms. The molecule has 1 N–H and O–H groups in total. The number of rotatable bonds is 3. The number of nitrogens with zero attached hydrogens (tertiary/aromatic N) is 1. The van der Waals surface area contributed by atoms with E-state index in [0.29, 0.717) is 30.1 Å². The zero-order valence-corrected chi connectivity index (χ0v) is 14.5. The summed E-state index contributed by atoms with van der Waals surface area (Å²) in [7, 11) is 1.88. The molecule has 132 valence electrons. The van der Waals surface area contributed by atoms with Crippen LogP contribution in [0.1, 0.15) is 43.6 Å². The van der Waals surface area contributed by atoms with Gasteiger partial charge >= 0.3 is 0 Å². The summed E-state index contributed by atoms with van der Waals surface area (Å²) in [6.45, 7) is 0. The Morgan fingerprint density at radius 2 is 1.83 bits per heavy atom. The molecule has 1 amide bonds. The van der Waals surface area contributed by atoms with Crippen molar-refractivity contribution in [2.24, 2.45) is 5.92 Å². The average molecular weight is 357 g/mol. The topological polar surface area (TPSA) is 32.3 Å². The molecule has 2 aliphatic heterocycles. The Morgan fingerprint density at radius 1 is 1.17 bits per heavy atom. The van der Waals surface area contributed by atoms with Crippen LogP contribution in [0.2, 0.25) is 0 Å². The van der Waals surface area contributed by atoms with Gasteiger partial charge in [0.15, 0.2) is 0 Å². The normalized spacial score (nSPS) is 33.7. The van der Waals surface area contributed by atoms with E-state index in [2.05, 4.69) is 5.32 Å². The predicted octanol–water partition coefficient (Wildman–Crippen LogP) is 3.23. The van der Waals surface area contributed by atoms with E-state index in [1.165, 1.54) is 25.0 Å². The van der Waals surface area contributed by atoms with Gasteiger partial charge in [0.1, 0.15) is 11.6 Å². The molecular weight excluding hydrogens is 334 g/mol. The summed E-state index contributed by atoms with van der Waals surface area (Å²) in [4.78, 5) is 14.6. The summed E-state index contributed by atoms with van der Waals surface area (Å²) in [6.07, 6.45) is 5.11. The molecule has 3 aliphatic rings. The second-order valence-electron chi connectivity index (χ2n) is 7.33. The maximum Gasteiger partial charge on any atom is 0.226 e. The van der Waals surface area contributed by atoms with Crippen molar-refractivity contribution in [3.63, 3.8) is 0 Å². The molecule has 3 nitrogen and oxygen atoms in total. The Hall–Kier alpha value is -1.20. The van der Waals surface area contributed by atoms with Gasteiger partial charge in [-0.3, -0.25) is 4.79 Å². The van der Waals surface area contributed by atoms with Crippen molar-refractivity contribution in [2.45, 2.75) is 56.1 Å². The van der Waals surface area contributed by atoms with E-state index in [4.69, 9.17) is 0 Å². The molecule has 4 unspecified atom stereocenters. The van der Waals surface area contributed by atoms with E-state index in [-0.39, 0.29) is 30.2 Å². The summed E-state index contributed by atoms with van der Waals surface area (Å²) in [6, 6.07) is 5.03. The van der Waals surface area contributed by atoms with Gasteiger partial charge in [-0.15, -0.1) is 12.4 Å². The van der Waals surface area contributed by atoms with Gasteiger partial charge in [0, 0.05) is 37.2 Å². The first kappa shape index (κ1) is 17.6. The Balaban J connectivity index is 0.00000169. The van der Waals surface area contributed by atoms with Crippen LogP contribution in [0.4, 0.5) is 8.78 Å². The fraction of sp³-hybridized carbons (Fsp3) is 0.611. The number of hydrogen-bond donors (Lipinski definition) is 1. The first-order valence-electron chi connectivity index (χ1n) is 8.50. The number of piperidine rings is 1. The van der Waals surface area contributed by atoms with Gasteiger partial charge < -0.3 is 10.2 Å². The Bertz CT molecular complexity index is 629. The summed E-state index contributed by atoms with van der Waals surface area (Å²) in [5.41, 5.74) is 0.475. The lowest BCUT2D eigenvalue weighted by Gasteiger charge is -2.35. The predicted molar refractivity (Wildman–Crippen MR) is 90.2 cm³/mol. The number of amides is 1. The molecule has 4 rings (SSSR count). The van der Waals surface area contributed by atoms with Gasteiger partial charge in [-0.25, -0.2) is 8.78 Å². The monoisotopic (exact) mass is 356 g/mol. The van der Waals surface area contributed by atoms with E-state index >= 15 is 0 Å². The first-order valence-corrected chi connectivity index (χ1v) is 8.50. The maximum atomic E-state index is 13.9. The van der Waals surface area contributed by atoms with Gasteiger partial charge in [-0.2, -0.15) is 0 Å². The Kier molecular flexibility index (Phi) is 4.85. The van der Waals surface area contributed by atoms with Gasteiger partial charge in [-0.1, -0.05) is 6.07 Å². The number of halogens is 3. The van der Waals surface area contributed by atoms with Crippen LogP contribution in [0.3, 0.4) is 0 Å². The van der Waals surface area contributed by atoms with Crippen LogP contribution >= 0.6 is 12.4 Å². The third-order valence-electron chi connectivity index (χ3n) is 5.81.